The van der Waals surface area contributed by atoms with E-state index >= 15 is 0 Å². The summed E-state index contributed by atoms with van der Waals surface area (Å²) in [6.45, 7) is 4.98. The maximum atomic E-state index is 13.2. The molecule has 0 aromatic heterocycles. The molecule has 1 aliphatic heterocycles. The van der Waals surface area contributed by atoms with Crippen LogP contribution >= 0.6 is 0 Å². The number of likely N-dealkylation sites (tertiary alicyclic amines) is 1. The Morgan fingerprint density at radius 3 is 2.00 bits per heavy atom. The van der Waals surface area contributed by atoms with Gasteiger partial charge in [0.15, 0.2) is 5.78 Å². The monoisotopic (exact) mass is 562 g/mol. The molecule has 0 amide bonds. The van der Waals surface area contributed by atoms with E-state index < -0.39 is 5.41 Å². The molecule has 4 nitrogen and oxygen atoms in total. The van der Waals surface area contributed by atoms with Crippen LogP contribution < -0.4 is 4.74 Å². The average Bonchev–Trinajstić information content (AvgIpc) is 3.01. The van der Waals surface area contributed by atoms with Gasteiger partial charge in [-0.1, -0.05) is 83.3 Å². The Labute approximate surface area is 248 Å². The van der Waals surface area contributed by atoms with Crippen molar-refractivity contribution in [3.8, 4) is 11.8 Å². The van der Waals surface area contributed by atoms with Gasteiger partial charge in [-0.3, -0.25) is 4.79 Å². The molecular weight excluding hydrogens is 511 g/mol. The summed E-state index contributed by atoms with van der Waals surface area (Å²) in [6, 6.07) is 16.8. The summed E-state index contributed by atoms with van der Waals surface area (Å²) in [6.07, 6.45) is 17.2. The van der Waals surface area contributed by atoms with E-state index in [2.05, 4.69) is 30.0 Å². The van der Waals surface area contributed by atoms with Crippen LogP contribution in [0.15, 0.2) is 48.5 Å². The van der Waals surface area contributed by atoms with E-state index in [4.69, 9.17) is 4.74 Å². The second-order valence-corrected chi connectivity index (χ2v) is 11.9. The Morgan fingerprint density at radius 1 is 0.878 bits per heavy atom. The van der Waals surface area contributed by atoms with Gasteiger partial charge in [0.05, 0.1) is 18.6 Å². The summed E-state index contributed by atoms with van der Waals surface area (Å²) in [5, 5.41) is 10.5. The SMILES string of the molecule is CCCCCCCCCCCCC(C#N)(CCCN1CCC(C(=O)c2ccc(F)cc2)CC1)c1ccc(OC)cc1. The maximum absolute atomic E-state index is 13.2. The number of carbonyl (C=O) groups is 1. The predicted molar refractivity (Wildman–Crippen MR) is 166 cm³/mol. The zero-order valence-corrected chi connectivity index (χ0v) is 25.5. The number of rotatable bonds is 19. The topological polar surface area (TPSA) is 53.3 Å². The van der Waals surface area contributed by atoms with Gasteiger partial charge in [0.25, 0.3) is 0 Å². The Morgan fingerprint density at radius 2 is 1.44 bits per heavy atom. The molecule has 1 heterocycles. The number of piperidine rings is 1. The molecule has 0 radical (unpaired) electrons. The molecule has 1 unspecified atom stereocenters. The molecule has 3 rings (SSSR count). The standard InChI is InChI=1S/C36H51FN2O2/c1-3-4-5-6-7-8-9-10-11-12-24-36(29-38,32-16-20-34(41-2)21-17-32)25-13-26-39-27-22-31(23-28-39)35(40)30-14-18-33(37)19-15-30/h14-21,31H,3-13,22-28H2,1-2H3. The van der Waals surface area contributed by atoms with E-state index in [9.17, 15) is 14.4 Å². The van der Waals surface area contributed by atoms with Crippen molar-refractivity contribution < 1.29 is 13.9 Å². The number of methoxy groups -OCH3 is 1. The fraction of sp³-hybridized carbons (Fsp3) is 0.611. The zero-order valence-electron chi connectivity index (χ0n) is 25.5. The number of ether oxygens (including phenoxy) is 1. The number of carbonyl (C=O) groups excluding carboxylic acids is 1. The predicted octanol–water partition coefficient (Wildman–Crippen LogP) is 9.28. The minimum Gasteiger partial charge on any atom is -0.497 e. The van der Waals surface area contributed by atoms with Crippen LogP contribution in [0.4, 0.5) is 4.39 Å². The Kier molecular flexibility index (Phi) is 14.4. The summed E-state index contributed by atoms with van der Waals surface area (Å²) in [4.78, 5) is 15.3. The molecule has 2 aromatic carbocycles. The molecule has 0 saturated carbocycles. The number of ketones is 1. The number of hydrogen-bond donors (Lipinski definition) is 0. The van der Waals surface area contributed by atoms with Crippen molar-refractivity contribution in [1.29, 1.82) is 5.26 Å². The third-order valence-electron chi connectivity index (χ3n) is 8.98. The highest BCUT2D eigenvalue weighted by Crippen LogP contribution is 2.36. The number of halogens is 1. The smallest absolute Gasteiger partial charge is 0.166 e. The maximum Gasteiger partial charge on any atom is 0.166 e. The highest BCUT2D eigenvalue weighted by Gasteiger charge is 2.32. The van der Waals surface area contributed by atoms with Crippen LogP contribution in [0, 0.1) is 23.1 Å². The molecule has 0 aliphatic carbocycles. The minimum absolute atomic E-state index is 0.00514. The number of nitriles is 1. The van der Waals surface area contributed by atoms with Crippen molar-refractivity contribution in [2.45, 2.75) is 109 Å². The lowest BCUT2D eigenvalue weighted by Crippen LogP contribution is -2.37. The van der Waals surface area contributed by atoms with Gasteiger partial charge in [0.2, 0.25) is 0 Å². The Hall–Kier alpha value is -2.71. The van der Waals surface area contributed by atoms with Crippen molar-refractivity contribution in [3.05, 3.63) is 65.5 Å². The van der Waals surface area contributed by atoms with Crippen LogP contribution in [0.5, 0.6) is 5.75 Å². The van der Waals surface area contributed by atoms with Gasteiger partial charge >= 0.3 is 0 Å². The van der Waals surface area contributed by atoms with Crippen LogP contribution in [0.25, 0.3) is 0 Å². The largest absolute Gasteiger partial charge is 0.497 e. The number of benzene rings is 2. The lowest BCUT2D eigenvalue weighted by molar-refractivity contribution is 0.0838. The Bertz CT molecular complexity index is 1050. The normalized spacial score (nSPS) is 15.8. The molecule has 1 fully saturated rings. The number of unbranched alkanes of at least 4 members (excludes halogenated alkanes) is 9. The fourth-order valence-corrected chi connectivity index (χ4v) is 6.29. The van der Waals surface area contributed by atoms with Crippen LogP contribution in [0.2, 0.25) is 0 Å². The van der Waals surface area contributed by atoms with E-state index in [0.29, 0.717) is 5.56 Å². The minimum atomic E-state index is -0.483. The molecule has 1 saturated heterocycles. The highest BCUT2D eigenvalue weighted by atomic mass is 19.1. The second-order valence-electron chi connectivity index (χ2n) is 11.9. The van der Waals surface area contributed by atoms with Crippen LogP contribution in [-0.2, 0) is 5.41 Å². The first-order chi connectivity index (χ1) is 20.0. The first-order valence-corrected chi connectivity index (χ1v) is 16.1. The third kappa shape index (κ3) is 10.6. The molecule has 1 atom stereocenters. The summed E-state index contributed by atoms with van der Waals surface area (Å²) >= 11 is 0. The first kappa shape index (κ1) is 32.8. The molecule has 0 spiro atoms. The van der Waals surface area contributed by atoms with E-state index in [0.717, 1.165) is 69.5 Å². The molecule has 2 aromatic rings. The van der Waals surface area contributed by atoms with Gasteiger partial charge in [0, 0.05) is 11.5 Å². The molecule has 224 valence electrons. The van der Waals surface area contributed by atoms with Gasteiger partial charge in [-0.25, -0.2) is 4.39 Å². The van der Waals surface area contributed by atoms with Gasteiger partial charge in [-0.15, -0.1) is 0 Å². The first-order valence-electron chi connectivity index (χ1n) is 16.1. The Balaban J connectivity index is 1.47. The summed E-state index contributed by atoms with van der Waals surface area (Å²) in [7, 11) is 1.67. The van der Waals surface area contributed by atoms with Crippen molar-refractivity contribution in [3.63, 3.8) is 0 Å². The number of Topliss-reactive ketones (excluding diaryl/α,β-unsaturated/α-hetero) is 1. The van der Waals surface area contributed by atoms with Gasteiger partial charge in [-0.05, 0) is 93.7 Å². The van der Waals surface area contributed by atoms with E-state index in [1.807, 2.05) is 12.1 Å². The van der Waals surface area contributed by atoms with Crippen LogP contribution in [-0.4, -0.2) is 37.4 Å². The third-order valence-corrected chi connectivity index (χ3v) is 8.98. The number of hydrogen-bond acceptors (Lipinski definition) is 4. The van der Waals surface area contributed by atoms with Crippen molar-refractivity contribution in [1.82, 2.24) is 4.90 Å². The molecule has 0 N–H and O–H groups in total. The fourth-order valence-electron chi connectivity index (χ4n) is 6.29. The number of nitrogens with zero attached hydrogens (tertiary/aromatic N) is 2. The molecule has 5 heteroatoms. The van der Waals surface area contributed by atoms with E-state index in [1.165, 1.54) is 69.9 Å². The average molecular weight is 563 g/mol. The lowest BCUT2D eigenvalue weighted by atomic mass is 9.74. The second kappa shape index (κ2) is 18.0. The summed E-state index contributed by atoms with van der Waals surface area (Å²) in [5.41, 5.74) is 1.22. The summed E-state index contributed by atoms with van der Waals surface area (Å²) in [5.74, 6) is 0.639. The van der Waals surface area contributed by atoms with Crippen LogP contribution in [0.1, 0.15) is 119 Å². The van der Waals surface area contributed by atoms with Gasteiger partial charge in [0.1, 0.15) is 11.6 Å². The highest BCUT2D eigenvalue weighted by molar-refractivity contribution is 5.97. The molecule has 41 heavy (non-hydrogen) atoms. The van der Waals surface area contributed by atoms with Crippen molar-refractivity contribution in [2.24, 2.45) is 5.92 Å². The van der Waals surface area contributed by atoms with Crippen molar-refractivity contribution in [2.75, 3.05) is 26.7 Å². The van der Waals surface area contributed by atoms with Gasteiger partial charge < -0.3 is 9.64 Å². The summed E-state index contributed by atoms with van der Waals surface area (Å²) < 4.78 is 18.6. The van der Waals surface area contributed by atoms with E-state index in [-0.39, 0.29) is 17.5 Å². The molecular formula is C36H51FN2O2. The molecule has 1 aliphatic rings. The van der Waals surface area contributed by atoms with E-state index in [1.54, 1.807) is 19.2 Å². The van der Waals surface area contributed by atoms with Crippen LogP contribution in [0.3, 0.4) is 0 Å². The lowest BCUT2D eigenvalue weighted by Gasteiger charge is -2.33. The quantitative estimate of drug-likeness (QED) is 0.126. The molecule has 0 bridgehead atoms. The zero-order chi connectivity index (χ0) is 29.3. The van der Waals surface area contributed by atoms with Crippen molar-refractivity contribution >= 4 is 5.78 Å². The van der Waals surface area contributed by atoms with Gasteiger partial charge in [-0.2, -0.15) is 5.26 Å².